The van der Waals surface area contributed by atoms with E-state index in [1.54, 1.807) is 0 Å². The Morgan fingerprint density at radius 1 is 1.11 bits per heavy atom. The molecule has 0 amide bonds. The van der Waals surface area contributed by atoms with Gasteiger partial charge in [0.2, 0.25) is 6.17 Å². The SMILES string of the molecule is OCC(N(F)F)N(F)F. The highest BCUT2D eigenvalue weighted by atomic mass is 19.4. The molecule has 0 aliphatic rings. The molecule has 0 aromatic carbocycles. The van der Waals surface area contributed by atoms with E-state index in [0.717, 1.165) is 0 Å². The van der Waals surface area contributed by atoms with E-state index >= 15 is 0 Å². The minimum atomic E-state index is -2.52. The van der Waals surface area contributed by atoms with Gasteiger partial charge in [-0.1, -0.05) is 17.9 Å². The van der Waals surface area contributed by atoms with Crippen LogP contribution in [-0.4, -0.2) is 28.6 Å². The number of hydrogen-bond donors (Lipinski definition) is 1. The molecule has 0 unspecified atom stereocenters. The van der Waals surface area contributed by atoms with E-state index in [1.165, 1.54) is 0 Å². The summed E-state index contributed by atoms with van der Waals surface area (Å²) >= 11 is 0. The Bertz CT molecular complexity index is 71.0. The first-order valence-electron chi connectivity index (χ1n) is 1.92. The number of aliphatic hydroxyl groups is 1. The summed E-state index contributed by atoms with van der Waals surface area (Å²) in [4.78, 5) is 0. The molecule has 0 radical (unpaired) electrons. The monoisotopic (exact) mass is 148 g/mol. The van der Waals surface area contributed by atoms with Crippen molar-refractivity contribution in [3.05, 3.63) is 0 Å². The molecule has 1 N–H and O–H groups in total. The second-order valence-electron chi connectivity index (χ2n) is 1.18. The highest BCUT2D eigenvalue weighted by Gasteiger charge is 2.25. The number of rotatable bonds is 3. The molecule has 0 rings (SSSR count). The standard InChI is InChI=1S/C2H4F4N2O/c3-7(4)2(1-9)8(5)6/h2,9H,1H2. The smallest absolute Gasteiger partial charge is 0.208 e. The van der Waals surface area contributed by atoms with Crippen molar-refractivity contribution in [2.24, 2.45) is 0 Å². The second kappa shape index (κ2) is 3.59. The van der Waals surface area contributed by atoms with Crippen LogP contribution in [0.2, 0.25) is 0 Å². The van der Waals surface area contributed by atoms with Gasteiger partial charge < -0.3 is 5.11 Å². The minimum Gasteiger partial charge on any atom is -0.393 e. The zero-order chi connectivity index (χ0) is 7.44. The first kappa shape index (κ1) is 8.60. The van der Waals surface area contributed by atoms with Crippen LogP contribution in [0.1, 0.15) is 0 Å². The lowest BCUT2D eigenvalue weighted by molar-refractivity contribution is -0.324. The third kappa shape index (κ3) is 2.59. The van der Waals surface area contributed by atoms with E-state index in [9.17, 15) is 17.9 Å². The summed E-state index contributed by atoms with van der Waals surface area (Å²) in [5, 5.41) is 4.27. The summed E-state index contributed by atoms with van der Waals surface area (Å²) in [6, 6.07) is 0. The normalized spacial score (nSPS) is 12.0. The number of aliphatic hydroxyl groups excluding tert-OH is 1. The Hall–Kier alpha value is -0.400. The second-order valence-corrected chi connectivity index (χ2v) is 1.18. The van der Waals surface area contributed by atoms with E-state index in [-0.39, 0.29) is 0 Å². The molecule has 0 heterocycles. The lowest BCUT2D eigenvalue weighted by atomic mass is 10.6. The first-order valence-corrected chi connectivity index (χ1v) is 1.92. The van der Waals surface area contributed by atoms with Crippen molar-refractivity contribution in [1.82, 2.24) is 10.7 Å². The van der Waals surface area contributed by atoms with Crippen LogP contribution in [0.4, 0.5) is 17.9 Å². The molecule has 0 atom stereocenters. The molecule has 0 aromatic heterocycles. The Kier molecular flexibility index (Phi) is 3.43. The first-order chi connectivity index (χ1) is 4.09. The predicted octanol–water partition coefficient (Wildman–Crippen LogP) is 0.447. The van der Waals surface area contributed by atoms with Crippen molar-refractivity contribution in [2.45, 2.75) is 6.17 Å². The quantitative estimate of drug-likeness (QED) is 0.357. The molecule has 0 aliphatic carbocycles. The van der Waals surface area contributed by atoms with Crippen LogP contribution in [0.5, 0.6) is 0 Å². The zero-order valence-corrected chi connectivity index (χ0v) is 4.14. The maximum Gasteiger partial charge on any atom is 0.208 e. The van der Waals surface area contributed by atoms with Crippen molar-refractivity contribution in [1.29, 1.82) is 0 Å². The predicted molar refractivity (Wildman–Crippen MR) is 19.0 cm³/mol. The Balaban J connectivity index is 3.68. The zero-order valence-electron chi connectivity index (χ0n) is 4.14. The van der Waals surface area contributed by atoms with Crippen molar-refractivity contribution < 1.29 is 23.0 Å². The average molecular weight is 148 g/mol. The van der Waals surface area contributed by atoms with Gasteiger partial charge in [0.05, 0.1) is 6.61 Å². The van der Waals surface area contributed by atoms with Crippen LogP contribution < -0.4 is 0 Å². The molecule has 0 aliphatic heterocycles. The molecule has 0 aromatic rings. The number of hydrogen-bond acceptors (Lipinski definition) is 3. The maximum absolute atomic E-state index is 11.1. The van der Waals surface area contributed by atoms with Crippen LogP contribution in [0.3, 0.4) is 0 Å². The topological polar surface area (TPSA) is 26.7 Å². The summed E-state index contributed by atoms with van der Waals surface area (Å²) in [6.07, 6.45) is -2.52. The molecule has 3 nitrogen and oxygen atoms in total. The molecule has 56 valence electrons. The molecule has 0 fully saturated rings. The van der Waals surface area contributed by atoms with Crippen LogP contribution in [0, 0.1) is 0 Å². The summed E-state index contributed by atoms with van der Waals surface area (Å²) in [7, 11) is 0. The fourth-order valence-corrected chi connectivity index (χ4v) is 0.189. The summed E-state index contributed by atoms with van der Waals surface area (Å²) in [5.74, 6) is 0. The fraction of sp³-hybridized carbons (Fsp3) is 1.00. The molecule has 9 heavy (non-hydrogen) atoms. The lowest BCUT2D eigenvalue weighted by Gasteiger charge is -2.12. The van der Waals surface area contributed by atoms with E-state index in [4.69, 9.17) is 5.11 Å². The van der Waals surface area contributed by atoms with Gasteiger partial charge in [-0.25, -0.2) is 0 Å². The van der Waals surface area contributed by atoms with Gasteiger partial charge in [0.25, 0.3) is 0 Å². The third-order valence-electron chi connectivity index (χ3n) is 0.614. The van der Waals surface area contributed by atoms with Crippen molar-refractivity contribution >= 4 is 0 Å². The molecule has 0 saturated carbocycles. The van der Waals surface area contributed by atoms with Crippen molar-refractivity contribution in [2.75, 3.05) is 6.61 Å². The number of halogens is 4. The van der Waals surface area contributed by atoms with Crippen LogP contribution in [0.15, 0.2) is 0 Å². The van der Waals surface area contributed by atoms with E-state index in [1.807, 2.05) is 0 Å². The molecule has 0 spiro atoms. The van der Waals surface area contributed by atoms with E-state index in [2.05, 4.69) is 0 Å². The van der Waals surface area contributed by atoms with E-state index < -0.39 is 23.5 Å². The van der Waals surface area contributed by atoms with Gasteiger partial charge in [0, 0.05) is 10.7 Å². The molecule has 7 heteroatoms. The van der Waals surface area contributed by atoms with Gasteiger partial charge in [-0.05, 0) is 0 Å². The van der Waals surface area contributed by atoms with Gasteiger partial charge in [-0.3, -0.25) is 0 Å². The summed E-state index contributed by atoms with van der Waals surface area (Å²) in [6.45, 7) is -1.32. The van der Waals surface area contributed by atoms with Gasteiger partial charge in [-0.15, -0.1) is 0 Å². The van der Waals surface area contributed by atoms with Gasteiger partial charge in [0.1, 0.15) is 0 Å². The maximum atomic E-state index is 11.1. The summed E-state index contributed by atoms with van der Waals surface area (Å²) < 4.78 is 44.4. The fourth-order valence-electron chi connectivity index (χ4n) is 0.189. The third-order valence-corrected chi connectivity index (χ3v) is 0.614. The van der Waals surface area contributed by atoms with Crippen molar-refractivity contribution in [3.63, 3.8) is 0 Å². The summed E-state index contributed by atoms with van der Waals surface area (Å²) in [5.41, 5.74) is 0. The van der Waals surface area contributed by atoms with Crippen molar-refractivity contribution in [3.8, 4) is 0 Å². The Morgan fingerprint density at radius 2 is 1.44 bits per heavy atom. The molecule has 0 saturated heterocycles. The molecular formula is C2H4F4N2O. The Morgan fingerprint density at radius 3 is 1.44 bits per heavy atom. The Labute approximate surface area is 47.8 Å². The van der Waals surface area contributed by atoms with Crippen LogP contribution >= 0.6 is 0 Å². The van der Waals surface area contributed by atoms with Gasteiger partial charge >= 0.3 is 0 Å². The van der Waals surface area contributed by atoms with E-state index in [0.29, 0.717) is 0 Å². The average Bonchev–Trinajstić information content (AvgIpc) is 1.64. The van der Waals surface area contributed by atoms with Gasteiger partial charge in [-0.2, -0.15) is 0 Å². The van der Waals surface area contributed by atoms with Gasteiger partial charge in [0.15, 0.2) is 0 Å². The largest absolute Gasteiger partial charge is 0.393 e. The van der Waals surface area contributed by atoms with Crippen LogP contribution in [0.25, 0.3) is 0 Å². The highest BCUT2D eigenvalue weighted by molar-refractivity contribution is 4.44. The molecular weight excluding hydrogens is 144 g/mol. The number of nitrogens with zero attached hydrogens (tertiary/aromatic N) is 2. The van der Waals surface area contributed by atoms with Crippen LogP contribution in [-0.2, 0) is 0 Å². The lowest BCUT2D eigenvalue weighted by Crippen LogP contribution is -2.34. The highest BCUT2D eigenvalue weighted by Crippen LogP contribution is 2.07. The minimum absolute atomic E-state index is 1.32. The molecule has 0 bridgehead atoms.